The number of unbranched alkanes of at least 4 members (excludes halogenated alkanes) is 12. The molecule has 1 aliphatic heterocycles. The number of urea groups is 4. The highest BCUT2D eigenvalue weighted by Crippen LogP contribution is 2.44. The maximum atomic E-state index is 15.2. The molecule has 1 heterocycles. The van der Waals surface area contributed by atoms with Gasteiger partial charge in [0.05, 0.1) is 46.2 Å². The predicted octanol–water partition coefficient (Wildman–Crippen LogP) is 26.4. The Hall–Kier alpha value is -10.8. The Balaban J connectivity index is 1.21. The second kappa shape index (κ2) is 46.5. The summed E-state index contributed by atoms with van der Waals surface area (Å²) in [7, 11) is 0. The molecule has 0 aromatic heterocycles. The third kappa shape index (κ3) is 29.3. The van der Waals surface area contributed by atoms with Crippen molar-refractivity contribution in [1.29, 1.82) is 0 Å². The van der Waals surface area contributed by atoms with E-state index in [9.17, 15) is 14.4 Å². The van der Waals surface area contributed by atoms with Crippen LogP contribution in [0.5, 0.6) is 40.2 Å². The molecule has 19 heteroatoms. The summed E-state index contributed by atoms with van der Waals surface area (Å²) >= 11 is 0. The van der Waals surface area contributed by atoms with Gasteiger partial charge in [-0.2, -0.15) is 0 Å². The number of allylic oxidation sites excluding steroid dienone is 1. The van der Waals surface area contributed by atoms with E-state index in [-0.39, 0.29) is 36.5 Å². The van der Waals surface area contributed by atoms with Crippen LogP contribution in [0.4, 0.5) is 64.7 Å². The van der Waals surface area contributed by atoms with Crippen LogP contribution in [0.3, 0.4) is 0 Å². The van der Waals surface area contributed by atoms with Gasteiger partial charge in [-0.3, -0.25) is 0 Å². The first kappa shape index (κ1) is 90.5. The molecule has 8 aromatic carbocycles. The average molecular weight is 1620 g/mol. The highest BCUT2D eigenvalue weighted by molar-refractivity contribution is 6.03. The van der Waals surface area contributed by atoms with Crippen molar-refractivity contribution in [3.63, 3.8) is 0 Å². The number of anilines is 8. The standard InChI is InChI=1S/C100H132N8O11/c1-12-17-22-23-26-33-45-113-88-42-36-39-80(67-88)101-95(109)105-84-58-72-52-70-56-83-57-71(91(70)116-48-29-18-13-2)53-73-59-85(106-97(111)103-82-41-38-44-90(69-82)115-47-35-28-25-24-27-34-46-114-89-43-37-40-81(68-89)102-96(110)104-83)61-75(93(73)118-50-31-20-15-4)55-77-63-86(107-98(112)108-87-65-78(99(6,7)8)64-79(66-87)100(9,10)11)62-76(94(77)119-51-32-21-16-5)54-74(60-84)92(72)117-49-30-19-14-3/h12,36-44,56-69H,1,13-35,45-55H2,2-11H3,(H2,101,105,109)(H2,102,104,110)(H2,103,106,111)(H2,107,108,112). The summed E-state index contributed by atoms with van der Waals surface area (Å²) < 4.78 is 48.0. The van der Waals surface area contributed by atoms with Gasteiger partial charge in [0.15, 0.2) is 0 Å². The molecular formula is C100H132N8O11. The van der Waals surface area contributed by atoms with E-state index in [1.165, 1.54) is 0 Å². The van der Waals surface area contributed by atoms with E-state index in [0.717, 1.165) is 203 Å². The topological polar surface area (TPSA) is 229 Å². The van der Waals surface area contributed by atoms with Gasteiger partial charge in [0.2, 0.25) is 0 Å². The fourth-order valence-corrected chi connectivity index (χ4v) is 15.0. The van der Waals surface area contributed by atoms with E-state index < -0.39 is 24.1 Å². The highest BCUT2D eigenvalue weighted by Gasteiger charge is 2.28. The van der Waals surface area contributed by atoms with Crippen LogP contribution in [0.1, 0.15) is 273 Å². The summed E-state index contributed by atoms with van der Waals surface area (Å²) in [6.07, 6.45) is 24.2. The van der Waals surface area contributed by atoms with Crippen LogP contribution in [0, 0.1) is 0 Å². The Labute approximate surface area is 708 Å². The number of carbonyl (C=O) groups is 4. The van der Waals surface area contributed by atoms with E-state index in [0.29, 0.717) is 132 Å². The Bertz CT molecular complexity index is 4500. The van der Waals surface area contributed by atoms with Gasteiger partial charge in [0, 0.05) is 134 Å². The Morgan fingerprint density at radius 1 is 0.370 bits per heavy atom. The maximum absolute atomic E-state index is 15.2. The van der Waals surface area contributed by atoms with Crippen LogP contribution in [0.15, 0.2) is 152 Å². The van der Waals surface area contributed by atoms with E-state index in [1.54, 1.807) is 0 Å². The van der Waals surface area contributed by atoms with Crippen molar-refractivity contribution < 1.29 is 52.3 Å². The van der Waals surface area contributed by atoms with Crippen LogP contribution in [0.2, 0.25) is 0 Å². The van der Waals surface area contributed by atoms with Gasteiger partial charge < -0.3 is 75.7 Å². The quantitative estimate of drug-likeness (QED) is 0.0146. The first-order valence-electron chi connectivity index (χ1n) is 44.1. The van der Waals surface area contributed by atoms with Crippen molar-refractivity contribution in [2.45, 2.75) is 253 Å². The van der Waals surface area contributed by atoms with Crippen LogP contribution < -0.4 is 75.7 Å². The summed E-state index contributed by atoms with van der Waals surface area (Å²) in [4.78, 5) is 59.9. The molecule has 14 bridgehead atoms. The van der Waals surface area contributed by atoms with E-state index in [1.807, 2.05) is 127 Å². The molecule has 2 aliphatic rings. The molecule has 8 aromatic rings. The number of rotatable bonds is 32. The number of amides is 8. The molecule has 19 nitrogen and oxygen atoms in total. The zero-order valence-corrected chi connectivity index (χ0v) is 72.6. The van der Waals surface area contributed by atoms with Gasteiger partial charge in [-0.25, -0.2) is 19.2 Å². The minimum atomic E-state index is -0.483. The molecule has 8 N–H and O–H groups in total. The normalized spacial score (nSPS) is 13.5. The van der Waals surface area contributed by atoms with Gasteiger partial charge in [-0.05, 0) is 177 Å². The molecule has 119 heavy (non-hydrogen) atoms. The summed E-state index contributed by atoms with van der Waals surface area (Å²) in [5, 5.41) is 25.7. The fourth-order valence-electron chi connectivity index (χ4n) is 15.0. The SMILES string of the molecule is C=CCCCCCCOc1cccc(NC(=O)Nc2cc3c(OCCCCC)c(c2)Cc2cc(NC(=O)Nc4cc(C(C)(C)C)cc(C(C)(C)C)c4)cc(c2OCCCCC)Cc2cc4cc(c2OCCCCC)Cc2cc(cc(c2OCCCCC)C3)NC(=O)Nc2cccc(c2)OCCCCCCCCOc2cccc(c2)NC(=O)N4)c1. The van der Waals surface area contributed by atoms with Gasteiger partial charge in [-0.15, -0.1) is 6.58 Å². The largest absolute Gasteiger partial charge is 0.494 e. The van der Waals surface area contributed by atoms with Gasteiger partial charge in [0.25, 0.3) is 0 Å². The van der Waals surface area contributed by atoms with E-state index in [2.05, 4.69) is 137 Å². The summed E-state index contributed by atoms with van der Waals surface area (Å²) in [6, 6.07) is 42.7. The molecule has 638 valence electrons. The maximum Gasteiger partial charge on any atom is 0.323 e. The number of fused-ring (bicyclic) bond motifs is 12. The van der Waals surface area contributed by atoms with Crippen molar-refractivity contribution in [2.24, 2.45) is 0 Å². The molecule has 10 rings (SSSR count). The zero-order valence-electron chi connectivity index (χ0n) is 72.6. The molecule has 0 saturated heterocycles. The minimum absolute atomic E-state index is 0.174. The van der Waals surface area contributed by atoms with Crippen molar-refractivity contribution in [3.05, 3.63) is 208 Å². The van der Waals surface area contributed by atoms with Crippen LogP contribution in [0.25, 0.3) is 0 Å². The lowest BCUT2D eigenvalue weighted by Crippen LogP contribution is -2.22. The summed E-state index contributed by atoms with van der Waals surface area (Å²) in [6.45, 7) is 28.7. The number of carbonyl (C=O) groups excluding carboxylic acids is 4. The number of hydrogen-bond donors (Lipinski definition) is 8. The molecule has 8 amide bonds. The van der Waals surface area contributed by atoms with Crippen molar-refractivity contribution in [3.8, 4) is 40.2 Å². The smallest absolute Gasteiger partial charge is 0.323 e. The van der Waals surface area contributed by atoms with Crippen molar-refractivity contribution in [1.82, 2.24) is 0 Å². The number of benzene rings is 8. The molecule has 0 radical (unpaired) electrons. The van der Waals surface area contributed by atoms with Gasteiger partial charge >= 0.3 is 24.1 Å². The first-order valence-corrected chi connectivity index (χ1v) is 44.1. The number of hydrogen-bond acceptors (Lipinski definition) is 11. The molecular weight excluding hydrogens is 1490 g/mol. The molecule has 0 atom stereocenters. The first-order chi connectivity index (χ1) is 57.6. The Kier molecular flexibility index (Phi) is 35.4. The lowest BCUT2D eigenvalue weighted by Gasteiger charge is -2.26. The Morgan fingerprint density at radius 3 is 1.09 bits per heavy atom. The molecule has 0 saturated carbocycles. The van der Waals surface area contributed by atoms with Gasteiger partial charge in [-0.1, -0.05) is 189 Å². The van der Waals surface area contributed by atoms with Crippen molar-refractivity contribution >= 4 is 69.6 Å². The average Bonchev–Trinajstić information content (AvgIpc) is 0.771. The van der Waals surface area contributed by atoms with Gasteiger partial charge in [0.1, 0.15) is 40.2 Å². The third-order valence-corrected chi connectivity index (χ3v) is 21.3. The Morgan fingerprint density at radius 2 is 0.706 bits per heavy atom. The van der Waals surface area contributed by atoms with Crippen LogP contribution >= 0.6 is 0 Å². The molecule has 0 unspecified atom stereocenters. The summed E-state index contributed by atoms with van der Waals surface area (Å²) in [5.74, 6) is 4.35. The molecule has 1 aliphatic carbocycles. The summed E-state index contributed by atoms with van der Waals surface area (Å²) in [5.41, 5.74) is 11.8. The van der Waals surface area contributed by atoms with E-state index >= 15 is 4.79 Å². The highest BCUT2D eigenvalue weighted by atomic mass is 16.5. The third-order valence-electron chi connectivity index (χ3n) is 21.3. The predicted molar refractivity (Wildman–Crippen MR) is 488 cm³/mol. The fraction of sp³-hybridized carbons (Fsp3) is 0.460. The van der Waals surface area contributed by atoms with Crippen LogP contribution in [-0.4, -0.2) is 70.4 Å². The molecule has 0 fully saturated rings. The van der Waals surface area contributed by atoms with Crippen LogP contribution in [-0.2, 0) is 36.5 Å². The monoisotopic (exact) mass is 1620 g/mol. The molecule has 0 spiro atoms. The number of nitrogens with one attached hydrogen (secondary N) is 8. The minimum Gasteiger partial charge on any atom is -0.494 e. The lowest BCUT2D eigenvalue weighted by atomic mass is 9.80. The lowest BCUT2D eigenvalue weighted by molar-refractivity contribution is 0.261. The second-order valence-corrected chi connectivity index (χ2v) is 33.8. The zero-order chi connectivity index (χ0) is 84.4. The van der Waals surface area contributed by atoms with E-state index in [4.69, 9.17) is 33.2 Å². The number of ether oxygens (including phenoxy) is 7. The second-order valence-electron chi connectivity index (χ2n) is 33.8. The van der Waals surface area contributed by atoms with Crippen molar-refractivity contribution in [2.75, 3.05) is 88.8 Å².